The first kappa shape index (κ1) is 12.4. The molecule has 0 aromatic rings. The number of hydrogen-bond donors (Lipinski definition) is 1. The van der Waals surface area contributed by atoms with Gasteiger partial charge in [-0.25, -0.2) is 0 Å². The zero-order chi connectivity index (χ0) is 11.1. The van der Waals surface area contributed by atoms with E-state index in [2.05, 4.69) is 13.0 Å². The second-order valence-electron chi connectivity index (χ2n) is 4.44. The van der Waals surface area contributed by atoms with Crippen molar-refractivity contribution < 1.29 is 9.90 Å². The Labute approximate surface area is 92.4 Å². The average molecular weight is 210 g/mol. The van der Waals surface area contributed by atoms with Crippen LogP contribution in [0.3, 0.4) is 0 Å². The zero-order valence-corrected chi connectivity index (χ0v) is 9.61. The summed E-state index contributed by atoms with van der Waals surface area (Å²) in [6, 6.07) is 0. The van der Waals surface area contributed by atoms with Gasteiger partial charge >= 0.3 is 0 Å². The molecular formula is C13H22O2. The van der Waals surface area contributed by atoms with Gasteiger partial charge in [0.1, 0.15) is 5.78 Å². The van der Waals surface area contributed by atoms with Crippen molar-refractivity contribution >= 4 is 5.78 Å². The molecule has 0 bridgehead atoms. The number of unbranched alkanes of at least 4 members (excludes halogenated alkanes) is 4. The van der Waals surface area contributed by atoms with Crippen LogP contribution < -0.4 is 0 Å². The number of hydrogen-bond acceptors (Lipinski definition) is 2. The maximum atomic E-state index is 11.3. The van der Waals surface area contributed by atoms with Gasteiger partial charge in [-0.1, -0.05) is 38.3 Å². The minimum absolute atomic E-state index is 0.00817. The summed E-state index contributed by atoms with van der Waals surface area (Å²) in [5, 5.41) is 9.29. The Morgan fingerprint density at radius 1 is 1.40 bits per heavy atom. The first-order chi connectivity index (χ1) is 7.24. The second-order valence-corrected chi connectivity index (χ2v) is 4.44. The monoisotopic (exact) mass is 210 g/mol. The highest BCUT2D eigenvalue weighted by molar-refractivity contribution is 5.85. The molecule has 1 aliphatic carbocycles. The third-order valence-electron chi connectivity index (χ3n) is 2.97. The molecule has 1 saturated carbocycles. The fourth-order valence-electron chi connectivity index (χ4n) is 2.03. The molecule has 0 aromatic carbocycles. The van der Waals surface area contributed by atoms with Crippen molar-refractivity contribution in [1.29, 1.82) is 0 Å². The molecular weight excluding hydrogens is 188 g/mol. The summed E-state index contributed by atoms with van der Waals surface area (Å²) in [4.78, 5) is 11.3. The Bertz CT molecular complexity index is 221. The van der Waals surface area contributed by atoms with Crippen LogP contribution in [-0.2, 0) is 4.79 Å². The number of aliphatic hydroxyl groups is 1. The molecule has 0 saturated heterocycles. The van der Waals surface area contributed by atoms with Gasteiger partial charge in [0.15, 0.2) is 0 Å². The Morgan fingerprint density at radius 2 is 2.20 bits per heavy atom. The highest BCUT2D eigenvalue weighted by atomic mass is 16.3. The molecule has 0 aromatic heterocycles. The normalized spacial score (nSPS) is 26.7. The van der Waals surface area contributed by atoms with Crippen LogP contribution in [0.2, 0.25) is 0 Å². The van der Waals surface area contributed by atoms with E-state index in [0.717, 1.165) is 6.42 Å². The predicted octanol–water partition coefficient (Wildman–Crippen LogP) is 2.85. The van der Waals surface area contributed by atoms with Crippen molar-refractivity contribution in [1.82, 2.24) is 0 Å². The predicted molar refractivity (Wildman–Crippen MR) is 61.6 cm³/mol. The van der Waals surface area contributed by atoms with Crippen LogP contribution in [0.25, 0.3) is 0 Å². The summed E-state index contributed by atoms with van der Waals surface area (Å²) in [5.41, 5.74) is 0. The van der Waals surface area contributed by atoms with Gasteiger partial charge in [-0.15, -0.1) is 0 Å². The minimum atomic E-state index is -0.396. The molecule has 1 N–H and O–H groups in total. The standard InChI is InChI=1S/C13H22O2/c1-2-3-4-5-6-7-8-11-9-12(14)10-13(11)15/h7-8,11-12,14H,2-6,9-10H2,1H3/b8-7+/t11?,12-/m0/s1. The minimum Gasteiger partial charge on any atom is -0.393 e. The van der Waals surface area contributed by atoms with Gasteiger partial charge in [0.25, 0.3) is 0 Å². The van der Waals surface area contributed by atoms with Crippen LogP contribution in [-0.4, -0.2) is 17.0 Å². The second kappa shape index (κ2) is 6.78. The lowest BCUT2D eigenvalue weighted by Gasteiger charge is -2.00. The fourth-order valence-corrected chi connectivity index (χ4v) is 2.03. The van der Waals surface area contributed by atoms with Crippen molar-refractivity contribution in [2.75, 3.05) is 0 Å². The molecule has 0 spiro atoms. The van der Waals surface area contributed by atoms with Crippen LogP contribution in [0.15, 0.2) is 12.2 Å². The van der Waals surface area contributed by atoms with E-state index in [1.807, 2.05) is 6.08 Å². The third kappa shape index (κ3) is 4.61. The van der Waals surface area contributed by atoms with Crippen molar-refractivity contribution in [3.05, 3.63) is 12.2 Å². The quantitative estimate of drug-likeness (QED) is 0.540. The van der Waals surface area contributed by atoms with Crippen molar-refractivity contribution in [2.45, 2.75) is 58.0 Å². The molecule has 1 unspecified atom stereocenters. The number of Topliss-reactive ketones (excluding diaryl/α,β-unsaturated/α-hetero) is 1. The molecule has 0 heterocycles. The summed E-state index contributed by atoms with van der Waals surface area (Å²) in [7, 11) is 0. The van der Waals surface area contributed by atoms with Crippen molar-refractivity contribution in [2.24, 2.45) is 5.92 Å². The number of ketones is 1. The van der Waals surface area contributed by atoms with Gasteiger partial charge in [0, 0.05) is 12.3 Å². The molecule has 86 valence electrons. The molecule has 1 fully saturated rings. The van der Waals surface area contributed by atoms with Gasteiger partial charge in [0.2, 0.25) is 0 Å². The lowest BCUT2D eigenvalue weighted by Crippen LogP contribution is -2.01. The Hall–Kier alpha value is -0.630. The van der Waals surface area contributed by atoms with Crippen LogP contribution in [0.1, 0.15) is 51.9 Å². The van der Waals surface area contributed by atoms with Gasteiger partial charge in [-0.3, -0.25) is 4.79 Å². The van der Waals surface area contributed by atoms with E-state index in [1.54, 1.807) is 0 Å². The molecule has 0 aliphatic heterocycles. The smallest absolute Gasteiger partial charge is 0.142 e. The van der Waals surface area contributed by atoms with E-state index < -0.39 is 6.10 Å². The Morgan fingerprint density at radius 3 is 2.80 bits per heavy atom. The molecule has 2 atom stereocenters. The van der Waals surface area contributed by atoms with Gasteiger partial charge in [0.05, 0.1) is 6.10 Å². The van der Waals surface area contributed by atoms with Crippen LogP contribution >= 0.6 is 0 Å². The summed E-state index contributed by atoms with van der Waals surface area (Å²) < 4.78 is 0. The number of allylic oxidation sites excluding steroid dienone is 2. The average Bonchev–Trinajstić information content (AvgIpc) is 2.51. The molecule has 1 aliphatic rings. The zero-order valence-electron chi connectivity index (χ0n) is 9.61. The third-order valence-corrected chi connectivity index (χ3v) is 2.97. The van der Waals surface area contributed by atoms with Crippen LogP contribution in [0, 0.1) is 5.92 Å². The van der Waals surface area contributed by atoms with Gasteiger partial charge in [-0.2, -0.15) is 0 Å². The highest BCUT2D eigenvalue weighted by Crippen LogP contribution is 2.23. The van der Waals surface area contributed by atoms with E-state index in [0.29, 0.717) is 12.8 Å². The number of aliphatic hydroxyl groups excluding tert-OH is 1. The number of carbonyl (C=O) groups is 1. The number of rotatable bonds is 6. The summed E-state index contributed by atoms with van der Waals surface area (Å²) in [5.74, 6) is 0.193. The van der Waals surface area contributed by atoms with E-state index in [1.165, 1.54) is 25.7 Å². The van der Waals surface area contributed by atoms with Gasteiger partial charge in [-0.05, 0) is 19.3 Å². The van der Waals surface area contributed by atoms with E-state index in [4.69, 9.17) is 0 Å². The maximum absolute atomic E-state index is 11.3. The molecule has 1 rings (SSSR count). The lowest BCUT2D eigenvalue weighted by atomic mass is 10.1. The lowest BCUT2D eigenvalue weighted by molar-refractivity contribution is -0.119. The van der Waals surface area contributed by atoms with E-state index in [-0.39, 0.29) is 11.7 Å². The Balaban J connectivity index is 2.12. The summed E-state index contributed by atoms with van der Waals surface area (Å²) >= 11 is 0. The maximum Gasteiger partial charge on any atom is 0.142 e. The summed E-state index contributed by atoms with van der Waals surface area (Å²) in [6.07, 6.45) is 10.8. The van der Waals surface area contributed by atoms with Gasteiger partial charge < -0.3 is 5.11 Å². The van der Waals surface area contributed by atoms with Crippen molar-refractivity contribution in [3.63, 3.8) is 0 Å². The van der Waals surface area contributed by atoms with E-state index >= 15 is 0 Å². The van der Waals surface area contributed by atoms with Crippen LogP contribution in [0.5, 0.6) is 0 Å². The Kier molecular flexibility index (Phi) is 5.62. The SMILES string of the molecule is CCCCCC/C=C/C1C[C@H](O)CC1=O. The molecule has 15 heavy (non-hydrogen) atoms. The first-order valence-electron chi connectivity index (χ1n) is 6.11. The van der Waals surface area contributed by atoms with Crippen LogP contribution in [0.4, 0.5) is 0 Å². The largest absolute Gasteiger partial charge is 0.393 e. The van der Waals surface area contributed by atoms with Crippen molar-refractivity contribution in [3.8, 4) is 0 Å². The molecule has 2 heteroatoms. The fraction of sp³-hybridized carbons (Fsp3) is 0.769. The first-order valence-corrected chi connectivity index (χ1v) is 6.11. The summed E-state index contributed by atoms with van der Waals surface area (Å²) in [6.45, 7) is 2.20. The number of carbonyl (C=O) groups excluding carboxylic acids is 1. The topological polar surface area (TPSA) is 37.3 Å². The molecule has 0 amide bonds. The molecule has 0 radical (unpaired) electrons. The van der Waals surface area contributed by atoms with E-state index in [9.17, 15) is 9.90 Å². The molecule has 2 nitrogen and oxygen atoms in total. The highest BCUT2D eigenvalue weighted by Gasteiger charge is 2.28.